The highest BCUT2D eigenvalue weighted by atomic mass is 32.1. The third kappa shape index (κ3) is 3.83. The minimum Gasteiger partial charge on any atom is -0.486 e. The van der Waals surface area contributed by atoms with E-state index in [0.717, 1.165) is 0 Å². The van der Waals surface area contributed by atoms with Gasteiger partial charge in [0.05, 0.1) is 4.92 Å². The molecule has 9 heteroatoms. The van der Waals surface area contributed by atoms with Gasteiger partial charge in [0.2, 0.25) is 0 Å². The number of ether oxygens (including phenoxy) is 2. The lowest BCUT2D eigenvalue weighted by Gasteiger charge is -2.19. The quantitative estimate of drug-likeness (QED) is 0.493. The third-order valence-corrected chi connectivity index (χ3v) is 3.58. The molecule has 2 aromatic rings. The second-order valence-electron chi connectivity index (χ2n) is 5.04. The number of nitrogens with zero attached hydrogens (tertiary/aromatic N) is 1. The van der Waals surface area contributed by atoms with Gasteiger partial charge in [0.1, 0.15) is 18.8 Å². The molecule has 1 aliphatic heterocycles. The molecule has 128 valence electrons. The first-order chi connectivity index (χ1) is 12.0. The SMILES string of the molecule is O=C(NC(=S)Nc1ccc2c(c1)OCCO2)c1ccccc1[N+](=O)[O-]. The topological polar surface area (TPSA) is 103 Å². The van der Waals surface area contributed by atoms with Gasteiger partial charge in [0, 0.05) is 17.8 Å². The molecule has 1 aliphatic rings. The Morgan fingerprint density at radius 1 is 1.12 bits per heavy atom. The van der Waals surface area contributed by atoms with Crippen molar-refractivity contribution in [1.29, 1.82) is 0 Å². The van der Waals surface area contributed by atoms with Crippen LogP contribution in [0.1, 0.15) is 10.4 Å². The van der Waals surface area contributed by atoms with E-state index in [-0.39, 0.29) is 16.4 Å². The molecule has 2 aromatic carbocycles. The molecule has 25 heavy (non-hydrogen) atoms. The number of amides is 1. The summed E-state index contributed by atoms with van der Waals surface area (Å²) >= 11 is 5.09. The molecule has 1 amide bonds. The summed E-state index contributed by atoms with van der Waals surface area (Å²) < 4.78 is 10.9. The van der Waals surface area contributed by atoms with Crippen molar-refractivity contribution >= 4 is 34.6 Å². The Hall–Kier alpha value is -3.20. The van der Waals surface area contributed by atoms with Crippen molar-refractivity contribution < 1.29 is 19.2 Å². The maximum absolute atomic E-state index is 12.2. The number of nitro benzene ring substituents is 1. The van der Waals surface area contributed by atoms with E-state index in [1.807, 2.05) is 0 Å². The first-order valence-electron chi connectivity index (χ1n) is 7.30. The van der Waals surface area contributed by atoms with E-state index in [9.17, 15) is 14.9 Å². The van der Waals surface area contributed by atoms with Gasteiger partial charge in [-0.15, -0.1) is 0 Å². The second-order valence-corrected chi connectivity index (χ2v) is 5.45. The van der Waals surface area contributed by atoms with Gasteiger partial charge in [-0.1, -0.05) is 12.1 Å². The first kappa shape index (κ1) is 16.7. The number of anilines is 1. The Labute approximate surface area is 147 Å². The van der Waals surface area contributed by atoms with Gasteiger partial charge in [0.15, 0.2) is 16.6 Å². The third-order valence-electron chi connectivity index (χ3n) is 3.37. The zero-order chi connectivity index (χ0) is 17.8. The van der Waals surface area contributed by atoms with Crippen LogP contribution in [0, 0.1) is 10.1 Å². The molecule has 8 nitrogen and oxygen atoms in total. The number of hydrogen-bond donors (Lipinski definition) is 2. The molecule has 0 saturated carbocycles. The number of rotatable bonds is 3. The summed E-state index contributed by atoms with van der Waals surface area (Å²) in [6.45, 7) is 0.944. The van der Waals surface area contributed by atoms with E-state index < -0.39 is 10.8 Å². The average molecular weight is 359 g/mol. The average Bonchev–Trinajstić information content (AvgIpc) is 2.61. The van der Waals surface area contributed by atoms with Crippen molar-refractivity contribution in [1.82, 2.24) is 5.32 Å². The summed E-state index contributed by atoms with van der Waals surface area (Å²) in [5, 5.41) is 16.3. The number of hydrogen-bond acceptors (Lipinski definition) is 6. The fourth-order valence-corrected chi connectivity index (χ4v) is 2.49. The summed E-state index contributed by atoms with van der Waals surface area (Å²) in [6, 6.07) is 10.8. The van der Waals surface area contributed by atoms with E-state index >= 15 is 0 Å². The van der Waals surface area contributed by atoms with E-state index in [2.05, 4.69) is 10.6 Å². The number of nitro groups is 1. The highest BCUT2D eigenvalue weighted by Crippen LogP contribution is 2.32. The maximum Gasteiger partial charge on any atom is 0.282 e. The van der Waals surface area contributed by atoms with Crippen molar-refractivity contribution in [3.63, 3.8) is 0 Å². The maximum atomic E-state index is 12.2. The predicted octanol–water partition coefficient (Wildman–Crippen LogP) is 2.49. The molecule has 0 spiro atoms. The molecule has 0 atom stereocenters. The molecule has 0 saturated heterocycles. The summed E-state index contributed by atoms with van der Waals surface area (Å²) in [4.78, 5) is 22.6. The summed E-state index contributed by atoms with van der Waals surface area (Å²) in [5.41, 5.74) is 0.234. The summed E-state index contributed by atoms with van der Waals surface area (Å²) in [7, 11) is 0. The predicted molar refractivity (Wildman–Crippen MR) is 94.2 cm³/mol. The molecule has 2 N–H and O–H groups in total. The second kappa shape index (κ2) is 7.14. The largest absolute Gasteiger partial charge is 0.486 e. The number of nitrogens with one attached hydrogen (secondary N) is 2. The van der Waals surface area contributed by atoms with E-state index in [0.29, 0.717) is 30.4 Å². The van der Waals surface area contributed by atoms with E-state index in [1.165, 1.54) is 18.2 Å². The van der Waals surface area contributed by atoms with Crippen LogP contribution in [-0.2, 0) is 0 Å². The number of fused-ring (bicyclic) bond motifs is 1. The van der Waals surface area contributed by atoms with Crippen LogP contribution in [0.3, 0.4) is 0 Å². The molecule has 0 aromatic heterocycles. The van der Waals surface area contributed by atoms with Gasteiger partial charge < -0.3 is 14.8 Å². The molecule has 0 unspecified atom stereocenters. The van der Waals surface area contributed by atoms with Crippen molar-refractivity contribution in [2.45, 2.75) is 0 Å². The van der Waals surface area contributed by atoms with Crippen LogP contribution in [0.2, 0.25) is 0 Å². The standard InChI is InChI=1S/C16H13N3O5S/c20-15(11-3-1-2-4-12(11)19(21)22)18-16(25)17-10-5-6-13-14(9-10)24-8-7-23-13/h1-6,9H,7-8H2,(H2,17,18,20,25). The van der Waals surface area contributed by atoms with Gasteiger partial charge >= 0.3 is 0 Å². The van der Waals surface area contributed by atoms with Gasteiger partial charge in [-0.2, -0.15) is 0 Å². The molecule has 0 aliphatic carbocycles. The Kier molecular flexibility index (Phi) is 4.75. The number of carbonyl (C=O) groups is 1. The summed E-state index contributed by atoms with van der Waals surface area (Å²) in [6.07, 6.45) is 0. The molecule has 0 fully saturated rings. The zero-order valence-electron chi connectivity index (χ0n) is 12.9. The fraction of sp³-hybridized carbons (Fsp3) is 0.125. The van der Waals surface area contributed by atoms with Crippen LogP contribution >= 0.6 is 12.2 Å². The minimum atomic E-state index is -0.664. The number of thiocarbonyl (C=S) groups is 1. The number of benzene rings is 2. The van der Waals surface area contributed by atoms with Crippen LogP contribution in [0.15, 0.2) is 42.5 Å². The Bertz CT molecular complexity index is 855. The van der Waals surface area contributed by atoms with Crippen molar-refractivity contribution in [2.24, 2.45) is 0 Å². The van der Waals surface area contributed by atoms with Crippen LogP contribution < -0.4 is 20.1 Å². The molecule has 1 heterocycles. The normalized spacial score (nSPS) is 12.2. The summed E-state index contributed by atoms with van der Waals surface area (Å²) in [5.74, 6) is 0.540. The number of para-hydroxylation sites is 1. The lowest BCUT2D eigenvalue weighted by atomic mass is 10.1. The molecular weight excluding hydrogens is 346 g/mol. The van der Waals surface area contributed by atoms with Crippen LogP contribution in [0.25, 0.3) is 0 Å². The van der Waals surface area contributed by atoms with Gasteiger partial charge in [-0.25, -0.2) is 0 Å². The molecule has 0 bridgehead atoms. The Balaban J connectivity index is 1.69. The number of carbonyl (C=O) groups excluding carboxylic acids is 1. The van der Waals surface area contributed by atoms with E-state index in [1.54, 1.807) is 24.3 Å². The fourth-order valence-electron chi connectivity index (χ4n) is 2.28. The molecule has 0 radical (unpaired) electrons. The lowest BCUT2D eigenvalue weighted by molar-refractivity contribution is -0.385. The van der Waals surface area contributed by atoms with Crippen molar-refractivity contribution in [2.75, 3.05) is 18.5 Å². The Morgan fingerprint density at radius 2 is 1.84 bits per heavy atom. The molecule has 3 rings (SSSR count). The van der Waals surface area contributed by atoms with Gasteiger partial charge in [-0.05, 0) is 30.4 Å². The lowest BCUT2D eigenvalue weighted by Crippen LogP contribution is -2.34. The minimum absolute atomic E-state index is 0.0137. The van der Waals surface area contributed by atoms with Gasteiger partial charge in [0.25, 0.3) is 11.6 Å². The monoisotopic (exact) mass is 359 g/mol. The van der Waals surface area contributed by atoms with Crippen molar-refractivity contribution in [3.8, 4) is 11.5 Å². The molecular formula is C16H13N3O5S. The van der Waals surface area contributed by atoms with Gasteiger partial charge in [-0.3, -0.25) is 20.2 Å². The highest BCUT2D eigenvalue weighted by Gasteiger charge is 2.20. The smallest absolute Gasteiger partial charge is 0.282 e. The van der Waals surface area contributed by atoms with Crippen LogP contribution in [0.4, 0.5) is 11.4 Å². The van der Waals surface area contributed by atoms with Crippen LogP contribution in [0.5, 0.6) is 11.5 Å². The highest BCUT2D eigenvalue weighted by molar-refractivity contribution is 7.80. The van der Waals surface area contributed by atoms with E-state index in [4.69, 9.17) is 21.7 Å². The van der Waals surface area contributed by atoms with Crippen molar-refractivity contribution in [3.05, 3.63) is 58.1 Å². The Morgan fingerprint density at radius 3 is 2.60 bits per heavy atom. The first-order valence-corrected chi connectivity index (χ1v) is 7.71. The zero-order valence-corrected chi connectivity index (χ0v) is 13.7. The van der Waals surface area contributed by atoms with Crippen LogP contribution in [-0.4, -0.2) is 29.2 Å².